The van der Waals surface area contributed by atoms with Gasteiger partial charge in [0.25, 0.3) is 5.91 Å². The zero-order valence-corrected chi connectivity index (χ0v) is 15.1. The van der Waals surface area contributed by atoms with Gasteiger partial charge in [0.1, 0.15) is 5.76 Å². The van der Waals surface area contributed by atoms with E-state index in [0.29, 0.717) is 27.1 Å². The predicted octanol–water partition coefficient (Wildman–Crippen LogP) is 5.33. The van der Waals surface area contributed by atoms with Crippen LogP contribution >= 0.6 is 23.2 Å². The van der Waals surface area contributed by atoms with Gasteiger partial charge in [0, 0.05) is 23.4 Å². The van der Waals surface area contributed by atoms with E-state index in [1.54, 1.807) is 19.1 Å². The van der Waals surface area contributed by atoms with Crippen molar-refractivity contribution in [3.05, 3.63) is 51.9 Å². The molecule has 0 unspecified atom stereocenters. The van der Waals surface area contributed by atoms with Crippen molar-refractivity contribution < 1.29 is 18.3 Å². The average molecular weight is 388 g/mol. The first kappa shape index (κ1) is 18.2. The molecule has 1 fully saturated rings. The lowest BCUT2D eigenvalue weighted by atomic mass is 9.78. The molecule has 1 aromatic rings. The molecule has 1 aromatic carbocycles. The van der Waals surface area contributed by atoms with Crippen LogP contribution in [-0.2, 0) is 9.53 Å². The second kappa shape index (κ2) is 6.29. The van der Waals surface area contributed by atoms with Crippen LogP contribution in [0.3, 0.4) is 0 Å². The summed E-state index contributed by atoms with van der Waals surface area (Å²) in [5.74, 6) is -2.45. The fourth-order valence-corrected chi connectivity index (χ4v) is 3.84. The van der Waals surface area contributed by atoms with Gasteiger partial charge < -0.3 is 10.1 Å². The Balaban J connectivity index is 2.12. The van der Waals surface area contributed by atoms with E-state index in [1.807, 2.05) is 0 Å². The summed E-state index contributed by atoms with van der Waals surface area (Å²) >= 11 is 12.2. The van der Waals surface area contributed by atoms with Crippen LogP contribution in [0.1, 0.15) is 38.2 Å². The van der Waals surface area contributed by atoms with Gasteiger partial charge in [-0.3, -0.25) is 4.79 Å². The molecule has 3 rings (SSSR count). The summed E-state index contributed by atoms with van der Waals surface area (Å²) < 4.78 is 33.0. The molecule has 0 aromatic heterocycles. The van der Waals surface area contributed by atoms with E-state index in [-0.39, 0.29) is 31.3 Å². The maximum atomic E-state index is 13.6. The van der Waals surface area contributed by atoms with Gasteiger partial charge in [-0.25, -0.2) is 8.78 Å². The highest BCUT2D eigenvalue weighted by Crippen LogP contribution is 2.48. The molecule has 1 spiro atoms. The van der Waals surface area contributed by atoms with Crippen molar-refractivity contribution in [3.8, 4) is 0 Å². The number of carbonyl (C=O) groups is 1. The van der Waals surface area contributed by atoms with Crippen LogP contribution in [0.25, 0.3) is 5.57 Å². The minimum absolute atomic E-state index is 0.0864. The number of hydrogen-bond acceptors (Lipinski definition) is 2. The molecule has 2 aliphatic rings. The number of ether oxygens (including phenoxy) is 1. The summed E-state index contributed by atoms with van der Waals surface area (Å²) in [6.07, 6.45) is -0.470. The molecule has 7 heteroatoms. The molecule has 0 radical (unpaired) electrons. The van der Waals surface area contributed by atoms with Gasteiger partial charge in [-0.2, -0.15) is 0 Å². The Bertz CT molecular complexity index is 779. The Morgan fingerprint density at radius 2 is 1.88 bits per heavy atom. The molecule has 1 N–H and O–H groups in total. The second-order valence-corrected chi connectivity index (χ2v) is 7.37. The molecule has 1 saturated carbocycles. The molecular formula is C18H17Cl2F2NO2. The number of alkyl halides is 2. The zero-order valence-electron chi connectivity index (χ0n) is 13.6. The third-order valence-corrected chi connectivity index (χ3v) is 5.10. The first-order chi connectivity index (χ1) is 11.6. The Labute approximate surface area is 154 Å². The first-order valence-electron chi connectivity index (χ1n) is 7.87. The van der Waals surface area contributed by atoms with Gasteiger partial charge in [-0.15, -0.1) is 0 Å². The number of rotatable bonds is 3. The van der Waals surface area contributed by atoms with Crippen LogP contribution in [0.15, 0.2) is 36.3 Å². The summed E-state index contributed by atoms with van der Waals surface area (Å²) in [4.78, 5) is 12.7. The van der Waals surface area contributed by atoms with E-state index in [1.165, 1.54) is 6.07 Å². The van der Waals surface area contributed by atoms with Crippen LogP contribution in [0.2, 0.25) is 10.0 Å². The van der Waals surface area contributed by atoms with Crippen LogP contribution in [-0.4, -0.2) is 17.4 Å². The van der Waals surface area contributed by atoms with Gasteiger partial charge in [0.2, 0.25) is 5.92 Å². The van der Waals surface area contributed by atoms with Crippen LogP contribution < -0.4 is 5.32 Å². The summed E-state index contributed by atoms with van der Waals surface area (Å²) in [6, 6.07) is 4.76. The molecular weight excluding hydrogens is 371 g/mol. The molecule has 1 amide bonds. The highest BCUT2D eigenvalue weighted by molar-refractivity contribution is 6.38. The molecule has 25 heavy (non-hydrogen) atoms. The lowest BCUT2D eigenvalue weighted by Gasteiger charge is -2.38. The Morgan fingerprint density at radius 1 is 1.24 bits per heavy atom. The number of hydrogen-bond donors (Lipinski definition) is 1. The van der Waals surface area contributed by atoms with E-state index >= 15 is 0 Å². The quantitative estimate of drug-likeness (QED) is 0.711. The van der Waals surface area contributed by atoms with Crippen LogP contribution in [0, 0.1) is 0 Å². The standard InChI is InChI=1S/C18H17Cl2F2NO2/c1-10(2)25-15-14(12-4-3-11(19)9-13(12)20)16(24)23-17(15)5-7-18(21,22)8-6-17/h3-4,9H,1,5-8H2,2H3,(H,23,24). The van der Waals surface area contributed by atoms with E-state index in [0.717, 1.165) is 0 Å². The summed E-state index contributed by atoms with van der Waals surface area (Å²) in [6.45, 7) is 5.36. The van der Waals surface area contributed by atoms with Crippen molar-refractivity contribution >= 4 is 34.7 Å². The Kier molecular flexibility index (Phi) is 4.58. The van der Waals surface area contributed by atoms with Gasteiger partial charge >= 0.3 is 0 Å². The lowest BCUT2D eigenvalue weighted by molar-refractivity contribution is -0.117. The van der Waals surface area contributed by atoms with Gasteiger partial charge in [-0.1, -0.05) is 35.8 Å². The van der Waals surface area contributed by atoms with Crippen molar-refractivity contribution in [3.63, 3.8) is 0 Å². The maximum absolute atomic E-state index is 13.6. The number of amides is 1. The van der Waals surface area contributed by atoms with Crippen molar-refractivity contribution in [2.45, 2.75) is 44.1 Å². The van der Waals surface area contributed by atoms with E-state index in [9.17, 15) is 13.6 Å². The predicted molar refractivity (Wildman–Crippen MR) is 93.6 cm³/mol. The topological polar surface area (TPSA) is 38.3 Å². The summed E-state index contributed by atoms with van der Waals surface area (Å²) in [5.41, 5.74) is -0.264. The molecule has 134 valence electrons. The Hall–Kier alpha value is -1.59. The molecule has 0 atom stereocenters. The highest BCUT2D eigenvalue weighted by atomic mass is 35.5. The normalized spacial score (nSPS) is 21.4. The fourth-order valence-electron chi connectivity index (χ4n) is 3.33. The van der Waals surface area contributed by atoms with Gasteiger partial charge in [0.15, 0.2) is 0 Å². The van der Waals surface area contributed by atoms with Crippen molar-refractivity contribution in [2.24, 2.45) is 0 Å². The molecule has 0 saturated heterocycles. The summed E-state index contributed by atoms with van der Waals surface area (Å²) in [7, 11) is 0. The second-order valence-electron chi connectivity index (χ2n) is 6.52. The van der Waals surface area contributed by atoms with Crippen molar-refractivity contribution in [1.29, 1.82) is 0 Å². The minimum Gasteiger partial charge on any atom is -0.464 e. The molecule has 1 aliphatic heterocycles. The van der Waals surface area contributed by atoms with Crippen LogP contribution in [0.5, 0.6) is 0 Å². The third kappa shape index (κ3) is 3.40. The molecule has 1 heterocycles. The molecule has 0 bridgehead atoms. The van der Waals surface area contributed by atoms with E-state index < -0.39 is 17.4 Å². The summed E-state index contributed by atoms with van der Waals surface area (Å²) in [5, 5.41) is 3.57. The van der Waals surface area contributed by atoms with Crippen molar-refractivity contribution in [1.82, 2.24) is 5.32 Å². The van der Waals surface area contributed by atoms with Gasteiger partial charge in [-0.05, 0) is 31.9 Å². The third-order valence-electron chi connectivity index (χ3n) is 4.55. The highest BCUT2D eigenvalue weighted by Gasteiger charge is 2.53. The number of nitrogens with one attached hydrogen (secondary N) is 1. The maximum Gasteiger partial charge on any atom is 0.256 e. The average Bonchev–Trinajstić information content (AvgIpc) is 2.75. The largest absolute Gasteiger partial charge is 0.464 e. The lowest BCUT2D eigenvalue weighted by Crippen LogP contribution is -2.49. The van der Waals surface area contributed by atoms with E-state index in [2.05, 4.69) is 11.9 Å². The van der Waals surface area contributed by atoms with Gasteiger partial charge in [0.05, 0.1) is 21.9 Å². The minimum atomic E-state index is -2.73. The molecule has 1 aliphatic carbocycles. The Morgan fingerprint density at radius 3 is 2.44 bits per heavy atom. The van der Waals surface area contributed by atoms with Crippen LogP contribution in [0.4, 0.5) is 8.78 Å². The smallest absolute Gasteiger partial charge is 0.256 e. The zero-order chi connectivity index (χ0) is 18.4. The first-order valence-corrected chi connectivity index (χ1v) is 8.63. The number of halogens is 4. The monoisotopic (exact) mass is 387 g/mol. The van der Waals surface area contributed by atoms with E-state index in [4.69, 9.17) is 27.9 Å². The molecule has 3 nitrogen and oxygen atoms in total. The number of benzene rings is 1. The number of carbonyl (C=O) groups excluding carboxylic acids is 1. The van der Waals surface area contributed by atoms with Crippen molar-refractivity contribution in [2.75, 3.05) is 0 Å². The SMILES string of the molecule is C=C(C)OC1=C(c2ccc(Cl)cc2Cl)C(=O)NC12CCC(F)(F)CC2. The number of allylic oxidation sites excluding steroid dienone is 1. The fraction of sp³-hybridized carbons (Fsp3) is 0.389.